The lowest BCUT2D eigenvalue weighted by molar-refractivity contribution is -0.137. The van der Waals surface area contributed by atoms with Crippen LogP contribution in [0.4, 0.5) is 29.5 Å². The molecule has 1 aromatic carbocycles. The summed E-state index contributed by atoms with van der Waals surface area (Å²) >= 11 is 0. The van der Waals surface area contributed by atoms with Crippen molar-refractivity contribution in [2.75, 3.05) is 5.32 Å². The van der Waals surface area contributed by atoms with Crippen LogP contribution in [0.1, 0.15) is 44.0 Å². The highest BCUT2D eigenvalue weighted by Gasteiger charge is 2.31. The van der Waals surface area contributed by atoms with E-state index in [0.717, 1.165) is 29.0 Å². The number of nitrogens with zero attached hydrogens (tertiary/aromatic N) is 3. The molecule has 7 nitrogen and oxygen atoms in total. The lowest BCUT2D eigenvalue weighted by Crippen LogP contribution is -2.42. The third-order valence-corrected chi connectivity index (χ3v) is 5.38. The highest BCUT2D eigenvalue weighted by Crippen LogP contribution is 2.34. The van der Waals surface area contributed by atoms with Crippen LogP contribution in [-0.4, -0.2) is 32.7 Å². The SMILES string of the molecule is CC(C)(C)OC(=O)N[C@H]1CCc2nc(-c3ccncc3)nc(Nc3cccc(C(F)(F)F)c3)c2C1. The Kier molecular flexibility index (Phi) is 6.64. The number of nitrogens with one attached hydrogen (secondary N) is 2. The number of aromatic nitrogens is 3. The zero-order valence-corrected chi connectivity index (χ0v) is 19.6. The van der Waals surface area contributed by atoms with Crippen LogP contribution in [0.15, 0.2) is 48.8 Å². The van der Waals surface area contributed by atoms with Crippen molar-refractivity contribution in [3.05, 3.63) is 65.6 Å². The van der Waals surface area contributed by atoms with Gasteiger partial charge in [0.05, 0.1) is 5.56 Å². The lowest BCUT2D eigenvalue weighted by atomic mass is 9.91. The Bertz CT molecular complexity index is 1210. The number of aryl methyl sites for hydroxylation is 1. The summed E-state index contributed by atoms with van der Waals surface area (Å²) in [6.45, 7) is 5.36. The summed E-state index contributed by atoms with van der Waals surface area (Å²) in [7, 11) is 0. The van der Waals surface area contributed by atoms with E-state index in [0.29, 0.717) is 30.9 Å². The van der Waals surface area contributed by atoms with E-state index in [9.17, 15) is 18.0 Å². The van der Waals surface area contributed by atoms with Crippen LogP contribution in [0.3, 0.4) is 0 Å². The molecule has 2 heterocycles. The van der Waals surface area contributed by atoms with Gasteiger partial charge >= 0.3 is 12.3 Å². The molecule has 0 bridgehead atoms. The van der Waals surface area contributed by atoms with Gasteiger partial charge in [-0.25, -0.2) is 14.8 Å². The second kappa shape index (κ2) is 9.52. The molecule has 184 valence electrons. The molecule has 1 aliphatic rings. The van der Waals surface area contributed by atoms with Crippen molar-refractivity contribution in [2.45, 2.75) is 57.9 Å². The molecule has 0 saturated heterocycles. The highest BCUT2D eigenvalue weighted by atomic mass is 19.4. The quantitative estimate of drug-likeness (QED) is 0.494. The van der Waals surface area contributed by atoms with Crippen molar-refractivity contribution in [1.29, 1.82) is 0 Å². The van der Waals surface area contributed by atoms with Crippen LogP contribution >= 0.6 is 0 Å². The molecule has 2 aromatic heterocycles. The number of fused-ring (bicyclic) bond motifs is 1. The number of halogens is 3. The molecule has 0 fully saturated rings. The molecule has 0 aliphatic heterocycles. The minimum Gasteiger partial charge on any atom is -0.444 e. The van der Waals surface area contributed by atoms with Gasteiger partial charge < -0.3 is 15.4 Å². The first-order chi connectivity index (χ1) is 16.5. The molecule has 3 aromatic rings. The molecule has 35 heavy (non-hydrogen) atoms. The first-order valence-electron chi connectivity index (χ1n) is 11.2. The number of ether oxygens (including phenoxy) is 1. The number of hydrogen-bond acceptors (Lipinski definition) is 6. The Balaban J connectivity index is 1.67. The van der Waals surface area contributed by atoms with Crippen LogP contribution in [0.5, 0.6) is 0 Å². The van der Waals surface area contributed by atoms with Gasteiger partial charge in [0.25, 0.3) is 0 Å². The van der Waals surface area contributed by atoms with E-state index in [2.05, 4.69) is 20.6 Å². The zero-order chi connectivity index (χ0) is 25.2. The number of benzene rings is 1. The van der Waals surface area contributed by atoms with Gasteiger partial charge in [0.1, 0.15) is 11.4 Å². The fraction of sp³-hybridized carbons (Fsp3) is 0.360. The van der Waals surface area contributed by atoms with E-state index in [1.807, 2.05) is 0 Å². The van der Waals surface area contributed by atoms with Crippen LogP contribution in [0.2, 0.25) is 0 Å². The zero-order valence-electron chi connectivity index (χ0n) is 19.6. The number of hydrogen-bond donors (Lipinski definition) is 2. The van der Waals surface area contributed by atoms with Crippen molar-refractivity contribution in [2.24, 2.45) is 0 Å². The van der Waals surface area contributed by atoms with Crippen molar-refractivity contribution in [1.82, 2.24) is 20.3 Å². The van der Waals surface area contributed by atoms with Crippen molar-refractivity contribution in [3.63, 3.8) is 0 Å². The first kappa shape index (κ1) is 24.4. The van der Waals surface area contributed by atoms with Crippen LogP contribution in [0, 0.1) is 0 Å². The standard InChI is InChI=1S/C25H26F3N5O2/c1-24(2,3)35-23(34)31-18-7-8-20-19(14-18)22(33-21(32-20)15-9-11-29-12-10-15)30-17-6-4-5-16(13-17)25(26,27)28/h4-6,9-13,18H,7-8,14H2,1-3H3,(H,31,34)(H,30,32,33)/t18-/m0/s1. The van der Waals surface area contributed by atoms with E-state index in [1.54, 1.807) is 51.4 Å². The van der Waals surface area contributed by atoms with Crippen LogP contribution in [-0.2, 0) is 23.8 Å². The van der Waals surface area contributed by atoms with E-state index in [-0.39, 0.29) is 11.7 Å². The summed E-state index contributed by atoms with van der Waals surface area (Å²) in [4.78, 5) is 25.7. The second-order valence-electron chi connectivity index (χ2n) is 9.35. The first-order valence-corrected chi connectivity index (χ1v) is 11.2. The van der Waals surface area contributed by atoms with Crippen LogP contribution in [0.25, 0.3) is 11.4 Å². The predicted octanol–water partition coefficient (Wildman–Crippen LogP) is 5.68. The Morgan fingerprint density at radius 2 is 1.83 bits per heavy atom. The average Bonchev–Trinajstić information content (AvgIpc) is 2.78. The maximum absolute atomic E-state index is 13.2. The van der Waals surface area contributed by atoms with E-state index in [4.69, 9.17) is 9.72 Å². The molecule has 1 aliphatic carbocycles. The third-order valence-electron chi connectivity index (χ3n) is 5.38. The monoisotopic (exact) mass is 485 g/mol. The Hall–Kier alpha value is -3.69. The number of pyridine rings is 1. The fourth-order valence-electron chi connectivity index (χ4n) is 3.85. The maximum atomic E-state index is 13.2. The predicted molar refractivity (Wildman–Crippen MR) is 125 cm³/mol. The molecule has 2 N–H and O–H groups in total. The van der Waals surface area contributed by atoms with Gasteiger partial charge in [-0.05, 0) is 70.4 Å². The third kappa shape index (κ3) is 6.26. The summed E-state index contributed by atoms with van der Waals surface area (Å²) in [6.07, 6.45) is -0.125. The summed E-state index contributed by atoms with van der Waals surface area (Å²) < 4.78 is 45.1. The average molecular weight is 486 g/mol. The molecule has 0 radical (unpaired) electrons. The molecular weight excluding hydrogens is 459 g/mol. The van der Waals surface area contributed by atoms with Gasteiger partial charge in [0.2, 0.25) is 0 Å². The van der Waals surface area contributed by atoms with Gasteiger partial charge in [-0.3, -0.25) is 4.98 Å². The summed E-state index contributed by atoms with van der Waals surface area (Å²) in [5.74, 6) is 0.844. The Morgan fingerprint density at radius 1 is 1.09 bits per heavy atom. The summed E-state index contributed by atoms with van der Waals surface area (Å²) in [5, 5.41) is 5.94. The molecule has 1 atom stereocenters. The molecule has 10 heteroatoms. The molecule has 4 rings (SSSR count). The van der Waals surface area contributed by atoms with E-state index < -0.39 is 23.4 Å². The topological polar surface area (TPSA) is 89.0 Å². The number of rotatable bonds is 4. The number of alkyl halides is 3. The molecular formula is C25H26F3N5O2. The number of carbonyl (C=O) groups is 1. The molecule has 0 saturated carbocycles. The lowest BCUT2D eigenvalue weighted by Gasteiger charge is -2.28. The minimum atomic E-state index is -4.46. The smallest absolute Gasteiger partial charge is 0.416 e. The normalized spacial score (nSPS) is 15.8. The fourth-order valence-corrected chi connectivity index (χ4v) is 3.85. The maximum Gasteiger partial charge on any atom is 0.416 e. The van der Waals surface area contributed by atoms with Gasteiger partial charge in [0, 0.05) is 40.9 Å². The number of carbonyl (C=O) groups excluding carboxylic acids is 1. The van der Waals surface area contributed by atoms with Gasteiger partial charge in [-0.15, -0.1) is 0 Å². The molecule has 0 unspecified atom stereocenters. The molecule has 1 amide bonds. The minimum absolute atomic E-state index is 0.227. The van der Waals surface area contributed by atoms with E-state index in [1.165, 1.54) is 6.07 Å². The van der Waals surface area contributed by atoms with Crippen molar-refractivity contribution < 1.29 is 22.7 Å². The number of alkyl carbamates (subject to hydrolysis) is 1. The van der Waals surface area contributed by atoms with E-state index >= 15 is 0 Å². The molecule has 0 spiro atoms. The number of anilines is 2. The Labute approximate surface area is 201 Å². The van der Waals surface area contributed by atoms with Gasteiger partial charge in [0.15, 0.2) is 5.82 Å². The number of amides is 1. The van der Waals surface area contributed by atoms with Gasteiger partial charge in [-0.2, -0.15) is 13.2 Å². The highest BCUT2D eigenvalue weighted by molar-refractivity contribution is 5.69. The summed E-state index contributed by atoms with van der Waals surface area (Å²) in [6, 6.07) is 8.26. The summed E-state index contributed by atoms with van der Waals surface area (Å²) in [5.41, 5.74) is 1.13. The van der Waals surface area contributed by atoms with Gasteiger partial charge in [-0.1, -0.05) is 6.07 Å². The van der Waals surface area contributed by atoms with Crippen molar-refractivity contribution in [3.8, 4) is 11.4 Å². The largest absolute Gasteiger partial charge is 0.444 e. The second-order valence-corrected chi connectivity index (χ2v) is 9.35. The van der Waals surface area contributed by atoms with Crippen molar-refractivity contribution >= 4 is 17.6 Å². The van der Waals surface area contributed by atoms with Crippen LogP contribution < -0.4 is 10.6 Å². The Morgan fingerprint density at radius 3 is 2.51 bits per heavy atom.